The van der Waals surface area contributed by atoms with Crippen molar-refractivity contribution >= 4 is 25.5 Å². The average Bonchev–Trinajstić information content (AvgIpc) is 1.96. The van der Waals surface area contributed by atoms with Gasteiger partial charge in [0.2, 0.25) is 0 Å². The Bertz CT molecular complexity index is 309. The Hall–Kier alpha value is 0.773. The molecule has 1 aromatic carbocycles. The molecular formula is C8H9Cl3OZr. The minimum absolute atomic E-state index is 0.691. The van der Waals surface area contributed by atoms with E-state index < -0.39 is 17.1 Å². The Kier molecular flexibility index (Phi) is 4.13. The molecule has 13 heavy (non-hydrogen) atoms. The molecule has 0 fully saturated rings. The second-order valence-corrected chi connectivity index (χ2v) is 18.3. The molecule has 0 aliphatic carbocycles. The Balaban J connectivity index is 2.96. The summed E-state index contributed by atoms with van der Waals surface area (Å²) < 4.78 is 5.32. The fourth-order valence-electron chi connectivity index (χ4n) is 0.959. The zero-order valence-corrected chi connectivity index (χ0v) is 12.0. The van der Waals surface area contributed by atoms with Crippen LogP contribution in [-0.4, -0.2) is 0 Å². The van der Waals surface area contributed by atoms with E-state index in [1.165, 1.54) is 0 Å². The van der Waals surface area contributed by atoms with Crippen molar-refractivity contribution in [1.29, 1.82) is 0 Å². The Labute approximate surface area is 93.6 Å². The molecule has 0 aromatic heterocycles. The van der Waals surface area contributed by atoms with Crippen LogP contribution in [0, 0.1) is 13.8 Å². The Morgan fingerprint density at radius 1 is 1.15 bits per heavy atom. The molecule has 0 radical (unpaired) electrons. The van der Waals surface area contributed by atoms with Crippen molar-refractivity contribution in [3.63, 3.8) is 0 Å². The monoisotopic (exact) mass is 316 g/mol. The van der Waals surface area contributed by atoms with Crippen LogP contribution in [0.1, 0.15) is 11.1 Å². The second-order valence-electron chi connectivity index (χ2n) is 2.75. The maximum atomic E-state index is 5.71. The van der Waals surface area contributed by atoms with Gasteiger partial charge in [0.05, 0.1) is 0 Å². The standard InChI is InChI=1S/C8H10O.3ClH.Zr/c1-6-4-3-5-8(9)7(6)2;;;;/h3-5,9H,1-2H3;3*1H;/q;;;;+4/p-4. The first kappa shape index (κ1) is 11.8. The van der Waals surface area contributed by atoms with E-state index in [0.717, 1.165) is 11.1 Å². The molecule has 0 atom stereocenters. The van der Waals surface area contributed by atoms with E-state index in [1.807, 2.05) is 32.0 Å². The minimum atomic E-state index is -3.72. The molecule has 0 unspecified atom stereocenters. The van der Waals surface area contributed by atoms with Crippen molar-refractivity contribution in [2.75, 3.05) is 0 Å². The van der Waals surface area contributed by atoms with Gasteiger partial charge in [-0.25, -0.2) is 0 Å². The molecule has 5 heteroatoms. The summed E-state index contributed by atoms with van der Waals surface area (Å²) in [4.78, 5) is 0. The van der Waals surface area contributed by atoms with Crippen LogP contribution in [0.4, 0.5) is 0 Å². The molecule has 0 N–H and O–H groups in total. The van der Waals surface area contributed by atoms with Gasteiger partial charge in [-0.3, -0.25) is 0 Å². The molecule has 0 spiro atoms. The number of halogens is 3. The molecule has 0 aliphatic rings. The molecule has 0 saturated heterocycles. The summed E-state index contributed by atoms with van der Waals surface area (Å²) in [5, 5.41) is 0. The van der Waals surface area contributed by atoms with Crippen LogP contribution in [0.3, 0.4) is 0 Å². The topological polar surface area (TPSA) is 9.23 Å². The zero-order valence-electron chi connectivity index (χ0n) is 7.27. The third kappa shape index (κ3) is 3.79. The predicted molar refractivity (Wildman–Crippen MR) is 54.1 cm³/mol. The second kappa shape index (κ2) is 4.53. The predicted octanol–water partition coefficient (Wildman–Crippen LogP) is 4.21. The van der Waals surface area contributed by atoms with Crippen molar-refractivity contribution in [2.45, 2.75) is 13.8 Å². The van der Waals surface area contributed by atoms with Crippen LogP contribution in [0.2, 0.25) is 0 Å². The van der Waals surface area contributed by atoms with Crippen LogP contribution < -0.4 is 2.81 Å². The van der Waals surface area contributed by atoms with Gasteiger partial charge in [-0.05, 0) is 0 Å². The van der Waals surface area contributed by atoms with E-state index in [-0.39, 0.29) is 0 Å². The van der Waals surface area contributed by atoms with Gasteiger partial charge in [-0.15, -0.1) is 0 Å². The van der Waals surface area contributed by atoms with Crippen LogP contribution in [0.5, 0.6) is 5.75 Å². The third-order valence-corrected chi connectivity index (χ3v) is 4.26. The third-order valence-electron chi connectivity index (χ3n) is 1.78. The molecule has 1 rings (SSSR count). The van der Waals surface area contributed by atoms with Crippen LogP contribution in [0.25, 0.3) is 0 Å². The van der Waals surface area contributed by atoms with Gasteiger partial charge < -0.3 is 0 Å². The molecule has 0 aliphatic heterocycles. The van der Waals surface area contributed by atoms with E-state index >= 15 is 0 Å². The normalized spacial score (nSPS) is 11.5. The first-order chi connectivity index (χ1) is 5.90. The van der Waals surface area contributed by atoms with Crippen LogP contribution in [-0.2, 0) is 17.1 Å². The quantitative estimate of drug-likeness (QED) is 0.793. The summed E-state index contributed by atoms with van der Waals surface area (Å²) in [6.45, 7) is 3.95. The van der Waals surface area contributed by atoms with Crippen molar-refractivity contribution in [3.8, 4) is 5.75 Å². The Morgan fingerprint density at radius 2 is 1.77 bits per heavy atom. The van der Waals surface area contributed by atoms with E-state index in [0.29, 0.717) is 5.75 Å². The maximum absolute atomic E-state index is 5.71. The van der Waals surface area contributed by atoms with E-state index in [2.05, 4.69) is 0 Å². The fraction of sp³-hybridized carbons (Fsp3) is 0.250. The molecule has 0 heterocycles. The first-order valence-corrected chi connectivity index (χ1v) is 14.2. The fourth-order valence-corrected chi connectivity index (χ4v) is 3.59. The molecule has 1 nitrogen and oxygen atoms in total. The van der Waals surface area contributed by atoms with Crippen molar-refractivity contribution < 1.29 is 19.9 Å². The zero-order chi connectivity index (χ0) is 10.1. The SMILES string of the molecule is Cc1cccc([O][Zr]([Cl])([Cl])[Cl])c1C. The molecular weight excluding hydrogens is 310 g/mol. The number of rotatable bonds is 2. The van der Waals surface area contributed by atoms with Crippen molar-refractivity contribution in [2.24, 2.45) is 0 Å². The van der Waals surface area contributed by atoms with E-state index in [4.69, 9.17) is 28.4 Å². The first-order valence-electron chi connectivity index (χ1n) is 3.72. The van der Waals surface area contributed by atoms with E-state index in [9.17, 15) is 0 Å². The van der Waals surface area contributed by atoms with Crippen molar-refractivity contribution in [3.05, 3.63) is 29.3 Å². The molecule has 1 aromatic rings. The summed E-state index contributed by atoms with van der Waals surface area (Å²) in [5.74, 6) is 0.691. The molecule has 0 bridgehead atoms. The van der Waals surface area contributed by atoms with Gasteiger partial charge in [-0.2, -0.15) is 0 Å². The summed E-state index contributed by atoms with van der Waals surface area (Å²) in [5.41, 5.74) is 2.17. The van der Waals surface area contributed by atoms with Crippen LogP contribution >= 0.6 is 25.5 Å². The van der Waals surface area contributed by atoms with Gasteiger partial charge in [0.25, 0.3) is 0 Å². The van der Waals surface area contributed by atoms with Crippen molar-refractivity contribution in [1.82, 2.24) is 0 Å². The molecule has 0 saturated carbocycles. The number of hydrogen-bond donors (Lipinski definition) is 0. The number of hydrogen-bond acceptors (Lipinski definition) is 1. The molecule has 72 valence electrons. The van der Waals surface area contributed by atoms with E-state index in [1.54, 1.807) is 0 Å². The van der Waals surface area contributed by atoms with Crippen LogP contribution in [0.15, 0.2) is 18.2 Å². The average molecular weight is 319 g/mol. The summed E-state index contributed by atoms with van der Waals surface area (Å²) in [6.07, 6.45) is 0. The summed E-state index contributed by atoms with van der Waals surface area (Å²) in [7, 11) is 17.1. The summed E-state index contributed by atoms with van der Waals surface area (Å²) >= 11 is -3.72. The summed E-state index contributed by atoms with van der Waals surface area (Å²) in [6, 6.07) is 5.71. The Morgan fingerprint density at radius 3 is 2.31 bits per heavy atom. The van der Waals surface area contributed by atoms with Gasteiger partial charge >= 0.3 is 94.4 Å². The molecule has 0 amide bonds. The number of benzene rings is 1. The van der Waals surface area contributed by atoms with Gasteiger partial charge in [0.15, 0.2) is 0 Å². The number of aryl methyl sites for hydroxylation is 1. The van der Waals surface area contributed by atoms with Gasteiger partial charge in [0, 0.05) is 0 Å². The van der Waals surface area contributed by atoms with Gasteiger partial charge in [-0.1, -0.05) is 0 Å². The van der Waals surface area contributed by atoms with Gasteiger partial charge in [0.1, 0.15) is 0 Å².